The van der Waals surface area contributed by atoms with E-state index in [2.05, 4.69) is 24.3 Å². The van der Waals surface area contributed by atoms with E-state index in [1.165, 1.54) is 22.5 Å². The summed E-state index contributed by atoms with van der Waals surface area (Å²) >= 11 is 1.52. The second-order valence-electron chi connectivity index (χ2n) is 10.7. The number of carbonyl (C=O) groups excluding carboxylic acids is 1. The van der Waals surface area contributed by atoms with Crippen LogP contribution in [0.2, 0.25) is 0 Å². The van der Waals surface area contributed by atoms with Crippen LogP contribution in [0.4, 0.5) is 0 Å². The SMILES string of the molecule is CCOC(=O)c1cn(Cc2ccccc2OC)c2sc(-c3ccc(OC)cc3)c(C(N)C3Cc4ccccc4C3)c2c1=O. The average Bonchev–Trinajstić information content (AvgIpc) is 3.65. The molecule has 2 heterocycles. The van der Waals surface area contributed by atoms with E-state index < -0.39 is 12.0 Å². The molecule has 1 aliphatic rings. The molecule has 0 radical (unpaired) electrons. The minimum Gasteiger partial charge on any atom is -0.497 e. The lowest BCUT2D eigenvalue weighted by Crippen LogP contribution is -2.26. The summed E-state index contributed by atoms with van der Waals surface area (Å²) in [6.07, 6.45) is 3.26. The van der Waals surface area contributed by atoms with E-state index in [9.17, 15) is 9.59 Å². The molecule has 5 aromatic rings. The average molecular weight is 595 g/mol. The predicted molar refractivity (Wildman–Crippen MR) is 170 cm³/mol. The predicted octanol–water partition coefficient (Wildman–Crippen LogP) is 6.39. The Morgan fingerprint density at radius 1 is 0.977 bits per heavy atom. The Bertz CT molecular complexity index is 1830. The van der Waals surface area contributed by atoms with Crippen LogP contribution in [0.1, 0.15) is 45.6 Å². The minimum atomic E-state index is -0.645. The number of nitrogens with two attached hydrogens (primary N) is 1. The number of thiophene rings is 1. The number of rotatable bonds is 9. The first-order valence-electron chi connectivity index (χ1n) is 14.4. The van der Waals surface area contributed by atoms with Crippen molar-refractivity contribution in [2.24, 2.45) is 11.7 Å². The highest BCUT2D eigenvalue weighted by Gasteiger charge is 2.33. The topological polar surface area (TPSA) is 92.8 Å². The molecule has 1 aliphatic carbocycles. The number of carbonyl (C=O) groups is 1. The number of benzene rings is 3. The molecular formula is C35H34N2O5S. The van der Waals surface area contributed by atoms with E-state index >= 15 is 0 Å². The fraction of sp³-hybridized carbons (Fsp3) is 0.257. The number of methoxy groups -OCH3 is 2. The Hall–Kier alpha value is -4.40. The Morgan fingerprint density at radius 2 is 1.65 bits per heavy atom. The number of hydrogen-bond acceptors (Lipinski definition) is 7. The number of esters is 1. The van der Waals surface area contributed by atoms with Gasteiger partial charge in [-0.2, -0.15) is 0 Å². The summed E-state index contributed by atoms with van der Waals surface area (Å²) in [4.78, 5) is 29.1. The lowest BCUT2D eigenvalue weighted by molar-refractivity contribution is 0.0524. The van der Waals surface area contributed by atoms with Crippen LogP contribution in [0.5, 0.6) is 11.5 Å². The molecule has 3 aromatic carbocycles. The normalized spacial score (nSPS) is 13.6. The second-order valence-corrected chi connectivity index (χ2v) is 11.7. The van der Waals surface area contributed by atoms with E-state index in [1.54, 1.807) is 27.3 Å². The largest absolute Gasteiger partial charge is 0.497 e. The van der Waals surface area contributed by atoms with Gasteiger partial charge in [0.05, 0.1) is 32.8 Å². The van der Waals surface area contributed by atoms with Crippen molar-refractivity contribution in [1.29, 1.82) is 0 Å². The third-order valence-corrected chi connectivity index (χ3v) is 9.54. The Balaban J connectivity index is 1.60. The third kappa shape index (κ3) is 5.32. The lowest BCUT2D eigenvalue weighted by Gasteiger charge is -2.21. The van der Waals surface area contributed by atoms with Crippen LogP contribution in [0.15, 0.2) is 83.8 Å². The van der Waals surface area contributed by atoms with Gasteiger partial charge in [-0.1, -0.05) is 42.5 Å². The number of pyridine rings is 1. The molecule has 0 bridgehead atoms. The molecule has 0 saturated carbocycles. The maximum atomic E-state index is 14.3. The zero-order valence-corrected chi connectivity index (χ0v) is 25.3. The third-order valence-electron chi connectivity index (χ3n) is 8.25. The maximum absolute atomic E-state index is 14.3. The molecule has 0 saturated heterocycles. The van der Waals surface area contributed by atoms with Gasteiger partial charge in [-0.3, -0.25) is 4.79 Å². The standard InChI is InChI=1S/C35H34N2O5S/c1-4-42-35(39)27-20-37(19-24-11-7-8-12-28(24)41-3)34-30(32(27)38)29(33(43-34)21-13-15-26(40-2)16-14-21)31(36)25-17-22-9-5-6-10-23(22)18-25/h5-16,20,25,31H,4,17-19,36H2,1-3H3. The number of hydrogen-bond donors (Lipinski definition) is 1. The van der Waals surface area contributed by atoms with Crippen LogP contribution >= 0.6 is 11.3 Å². The lowest BCUT2D eigenvalue weighted by atomic mass is 9.88. The van der Waals surface area contributed by atoms with Gasteiger partial charge in [0.25, 0.3) is 0 Å². The van der Waals surface area contributed by atoms with Crippen molar-refractivity contribution >= 4 is 27.5 Å². The highest BCUT2D eigenvalue weighted by atomic mass is 32.1. The molecule has 2 aromatic heterocycles. The van der Waals surface area contributed by atoms with E-state index in [0.29, 0.717) is 11.9 Å². The van der Waals surface area contributed by atoms with E-state index in [1.807, 2.05) is 53.1 Å². The molecule has 220 valence electrons. The van der Waals surface area contributed by atoms with Gasteiger partial charge < -0.3 is 24.5 Å². The first-order chi connectivity index (χ1) is 20.9. The highest BCUT2D eigenvalue weighted by Crippen LogP contribution is 2.45. The number of para-hydroxylation sites is 1. The summed E-state index contributed by atoms with van der Waals surface area (Å²) in [6, 6.07) is 23.5. The first kappa shape index (κ1) is 28.7. The van der Waals surface area contributed by atoms with Gasteiger partial charge in [-0.15, -0.1) is 11.3 Å². The summed E-state index contributed by atoms with van der Waals surface area (Å²) in [5, 5.41) is 0.472. The number of fused-ring (bicyclic) bond motifs is 2. The van der Waals surface area contributed by atoms with Crippen LogP contribution in [0.25, 0.3) is 20.7 Å². The zero-order chi connectivity index (χ0) is 30.1. The molecule has 7 nitrogen and oxygen atoms in total. The summed E-state index contributed by atoms with van der Waals surface area (Å²) in [6.45, 7) is 2.28. The zero-order valence-electron chi connectivity index (χ0n) is 24.5. The van der Waals surface area contributed by atoms with Crippen LogP contribution in [0, 0.1) is 5.92 Å². The highest BCUT2D eigenvalue weighted by molar-refractivity contribution is 7.22. The molecule has 0 aliphatic heterocycles. The van der Waals surface area contributed by atoms with Crippen molar-refractivity contribution < 1.29 is 19.0 Å². The molecule has 2 N–H and O–H groups in total. The Labute approximate surface area is 254 Å². The Kier molecular flexibility index (Phi) is 8.06. The quantitative estimate of drug-likeness (QED) is 0.199. The van der Waals surface area contributed by atoms with Crippen molar-refractivity contribution in [1.82, 2.24) is 4.57 Å². The van der Waals surface area contributed by atoms with Crippen molar-refractivity contribution in [2.45, 2.75) is 32.4 Å². The van der Waals surface area contributed by atoms with Crippen molar-refractivity contribution in [3.63, 3.8) is 0 Å². The van der Waals surface area contributed by atoms with Gasteiger partial charge in [0, 0.05) is 28.2 Å². The van der Waals surface area contributed by atoms with Gasteiger partial charge in [-0.25, -0.2) is 4.79 Å². The van der Waals surface area contributed by atoms with Gasteiger partial charge in [0.1, 0.15) is 21.9 Å². The molecule has 43 heavy (non-hydrogen) atoms. The number of aromatic nitrogens is 1. The van der Waals surface area contributed by atoms with Gasteiger partial charge >= 0.3 is 5.97 Å². The summed E-state index contributed by atoms with van der Waals surface area (Å²) < 4.78 is 18.3. The van der Waals surface area contributed by atoms with Gasteiger partial charge in [0.15, 0.2) is 0 Å². The molecule has 0 fully saturated rings. The van der Waals surface area contributed by atoms with Crippen molar-refractivity contribution in [2.75, 3.05) is 20.8 Å². The first-order valence-corrected chi connectivity index (χ1v) is 15.2. The van der Waals surface area contributed by atoms with Crippen LogP contribution in [-0.4, -0.2) is 31.4 Å². The van der Waals surface area contributed by atoms with E-state index in [0.717, 1.165) is 50.7 Å². The molecule has 0 amide bonds. The summed E-state index contributed by atoms with van der Waals surface area (Å²) in [5.41, 5.74) is 12.0. The molecule has 6 rings (SSSR count). The minimum absolute atomic E-state index is 0.00788. The van der Waals surface area contributed by atoms with Crippen LogP contribution < -0.4 is 20.6 Å². The maximum Gasteiger partial charge on any atom is 0.343 e. The summed E-state index contributed by atoms with van der Waals surface area (Å²) in [5.74, 6) is 0.913. The smallest absolute Gasteiger partial charge is 0.343 e. The monoisotopic (exact) mass is 594 g/mol. The van der Waals surface area contributed by atoms with E-state index in [-0.39, 0.29) is 23.5 Å². The van der Waals surface area contributed by atoms with E-state index in [4.69, 9.17) is 19.9 Å². The Morgan fingerprint density at radius 3 is 2.30 bits per heavy atom. The molecule has 8 heteroatoms. The molecule has 1 atom stereocenters. The molecule has 0 spiro atoms. The fourth-order valence-corrected chi connectivity index (χ4v) is 7.44. The van der Waals surface area contributed by atoms with Gasteiger partial charge in [0.2, 0.25) is 5.43 Å². The van der Waals surface area contributed by atoms with Crippen molar-refractivity contribution in [3.8, 4) is 21.9 Å². The fourth-order valence-electron chi connectivity index (χ4n) is 6.11. The number of ether oxygens (including phenoxy) is 3. The van der Waals surface area contributed by atoms with Gasteiger partial charge in [-0.05, 0) is 72.7 Å². The molecular weight excluding hydrogens is 560 g/mol. The summed E-state index contributed by atoms with van der Waals surface area (Å²) in [7, 11) is 3.27. The van der Waals surface area contributed by atoms with Crippen molar-refractivity contribution in [3.05, 3.63) is 117 Å². The van der Waals surface area contributed by atoms with Crippen LogP contribution in [0.3, 0.4) is 0 Å². The number of nitrogens with zero attached hydrogens (tertiary/aromatic N) is 1. The second kappa shape index (κ2) is 12.1. The molecule has 1 unspecified atom stereocenters. The van der Waals surface area contributed by atoms with Crippen LogP contribution in [-0.2, 0) is 24.1 Å².